The van der Waals surface area contributed by atoms with Crippen LogP contribution in [0.4, 0.5) is 13.2 Å². The minimum Gasteiger partial charge on any atom is -0.343 e. The third kappa shape index (κ3) is 6.23. The Hall–Kier alpha value is -3.12. The Bertz CT molecular complexity index is 1410. The Kier molecular flexibility index (Phi) is 8.34. The van der Waals surface area contributed by atoms with E-state index in [0.717, 1.165) is 12.1 Å². The number of azide groups is 1. The molecule has 9 nitrogen and oxygen atoms in total. The van der Waals surface area contributed by atoms with Crippen molar-refractivity contribution in [1.82, 2.24) is 4.90 Å². The SMILES string of the molecule is [N-]=[N+]=N[C@@H]1CC[C@H](N2CC[C@@H](CC3(c4cccc(C(F)(F)F)c4)OCCO3)C2=O)[C@H](CS(=O)(=O)c2ccccc2)C1. The molecule has 220 valence electrons. The van der Waals surface area contributed by atoms with Gasteiger partial charge in [0.1, 0.15) is 0 Å². The second kappa shape index (κ2) is 11.6. The Morgan fingerprint density at radius 2 is 1.78 bits per heavy atom. The van der Waals surface area contributed by atoms with Crippen molar-refractivity contribution in [2.75, 3.05) is 25.5 Å². The van der Waals surface area contributed by atoms with Gasteiger partial charge < -0.3 is 14.4 Å². The first-order chi connectivity index (χ1) is 19.5. The van der Waals surface area contributed by atoms with E-state index in [1.165, 1.54) is 24.3 Å². The average Bonchev–Trinajstić information content (AvgIpc) is 3.57. The van der Waals surface area contributed by atoms with Crippen molar-refractivity contribution in [2.45, 2.75) is 61.0 Å². The van der Waals surface area contributed by atoms with E-state index in [1.807, 2.05) is 0 Å². The fraction of sp³-hybridized carbons (Fsp3) is 0.536. The highest BCUT2D eigenvalue weighted by Gasteiger charge is 2.48. The van der Waals surface area contributed by atoms with Gasteiger partial charge >= 0.3 is 6.18 Å². The number of carbonyl (C=O) groups is 1. The Labute approximate surface area is 236 Å². The number of benzene rings is 2. The number of sulfone groups is 1. The molecule has 2 heterocycles. The number of nitrogens with zero attached hydrogens (tertiary/aromatic N) is 4. The van der Waals surface area contributed by atoms with E-state index in [-0.39, 0.29) is 53.8 Å². The van der Waals surface area contributed by atoms with Gasteiger partial charge in [-0.2, -0.15) is 13.2 Å². The van der Waals surface area contributed by atoms with Crippen LogP contribution in [0.2, 0.25) is 0 Å². The lowest BCUT2D eigenvalue weighted by Crippen LogP contribution is -2.48. The summed E-state index contributed by atoms with van der Waals surface area (Å²) in [6, 6.07) is 12.1. The molecule has 1 amide bonds. The molecule has 1 saturated carbocycles. The Morgan fingerprint density at radius 3 is 2.46 bits per heavy atom. The molecule has 0 aromatic heterocycles. The number of halogens is 3. The van der Waals surface area contributed by atoms with Gasteiger partial charge in [0.15, 0.2) is 15.6 Å². The van der Waals surface area contributed by atoms with E-state index in [1.54, 1.807) is 23.1 Å². The van der Waals surface area contributed by atoms with Crippen LogP contribution in [0.15, 0.2) is 64.6 Å². The lowest BCUT2D eigenvalue weighted by Gasteiger charge is -2.40. The summed E-state index contributed by atoms with van der Waals surface area (Å²) in [5, 5.41) is 3.84. The van der Waals surface area contributed by atoms with Crippen LogP contribution in [-0.2, 0) is 36.1 Å². The normalized spacial score (nSPS) is 26.6. The molecule has 5 rings (SSSR count). The van der Waals surface area contributed by atoms with Crippen LogP contribution in [0.25, 0.3) is 10.4 Å². The summed E-state index contributed by atoms with van der Waals surface area (Å²) in [4.78, 5) is 18.6. The third-order valence-electron chi connectivity index (χ3n) is 8.32. The smallest absolute Gasteiger partial charge is 0.343 e. The number of hydrogen-bond donors (Lipinski definition) is 0. The molecule has 2 aliphatic heterocycles. The van der Waals surface area contributed by atoms with E-state index in [2.05, 4.69) is 10.0 Å². The van der Waals surface area contributed by atoms with Crippen LogP contribution in [0.5, 0.6) is 0 Å². The minimum absolute atomic E-state index is 0.0463. The van der Waals surface area contributed by atoms with E-state index in [4.69, 9.17) is 15.0 Å². The van der Waals surface area contributed by atoms with E-state index >= 15 is 0 Å². The van der Waals surface area contributed by atoms with Gasteiger partial charge in [-0.3, -0.25) is 4.79 Å². The van der Waals surface area contributed by atoms with Crippen LogP contribution in [0.1, 0.15) is 43.2 Å². The van der Waals surface area contributed by atoms with Crippen LogP contribution >= 0.6 is 0 Å². The van der Waals surface area contributed by atoms with Gasteiger partial charge in [-0.25, -0.2) is 8.42 Å². The summed E-state index contributed by atoms with van der Waals surface area (Å²) in [7, 11) is -3.68. The zero-order valence-corrected chi connectivity index (χ0v) is 23.1. The van der Waals surface area contributed by atoms with Crippen molar-refractivity contribution in [3.8, 4) is 0 Å². The second-order valence-corrected chi connectivity index (χ2v) is 12.9. The van der Waals surface area contributed by atoms with E-state index in [0.29, 0.717) is 32.2 Å². The van der Waals surface area contributed by atoms with Gasteiger partial charge in [-0.15, -0.1) is 0 Å². The lowest BCUT2D eigenvalue weighted by molar-refractivity contribution is -0.182. The van der Waals surface area contributed by atoms with Gasteiger partial charge in [0, 0.05) is 41.4 Å². The van der Waals surface area contributed by atoms with Gasteiger partial charge in [0.25, 0.3) is 0 Å². The molecule has 0 bridgehead atoms. The zero-order valence-electron chi connectivity index (χ0n) is 22.2. The molecule has 0 spiro atoms. The van der Waals surface area contributed by atoms with Crippen LogP contribution in [-0.4, -0.2) is 56.8 Å². The molecular formula is C28H31F3N4O5S. The van der Waals surface area contributed by atoms with Crippen molar-refractivity contribution in [1.29, 1.82) is 0 Å². The molecule has 3 aliphatic rings. The molecule has 2 saturated heterocycles. The summed E-state index contributed by atoms with van der Waals surface area (Å²) in [5.74, 6) is -2.92. The maximum absolute atomic E-state index is 13.8. The van der Waals surface area contributed by atoms with E-state index < -0.39 is 39.2 Å². The van der Waals surface area contributed by atoms with E-state index in [9.17, 15) is 26.4 Å². The topological polar surface area (TPSA) is 122 Å². The largest absolute Gasteiger partial charge is 0.416 e. The molecule has 13 heteroatoms. The number of ether oxygens (including phenoxy) is 2. The van der Waals surface area contributed by atoms with Crippen LogP contribution in [0.3, 0.4) is 0 Å². The summed E-state index contributed by atoms with van der Waals surface area (Å²) in [6.45, 7) is 0.744. The van der Waals surface area contributed by atoms with Gasteiger partial charge in [0.05, 0.1) is 29.4 Å². The predicted molar refractivity (Wildman–Crippen MR) is 142 cm³/mol. The van der Waals surface area contributed by atoms with Crippen molar-refractivity contribution in [3.05, 3.63) is 76.2 Å². The number of hydrogen-bond acceptors (Lipinski definition) is 6. The molecule has 2 aromatic carbocycles. The molecular weight excluding hydrogens is 561 g/mol. The summed E-state index contributed by atoms with van der Waals surface area (Å²) >= 11 is 0. The monoisotopic (exact) mass is 592 g/mol. The summed E-state index contributed by atoms with van der Waals surface area (Å²) < 4.78 is 78.6. The summed E-state index contributed by atoms with van der Waals surface area (Å²) in [5.41, 5.74) is 8.35. The maximum atomic E-state index is 13.8. The fourth-order valence-corrected chi connectivity index (χ4v) is 8.08. The summed E-state index contributed by atoms with van der Waals surface area (Å²) in [6.07, 6.45) is -2.74. The van der Waals surface area contributed by atoms with Crippen LogP contribution in [0, 0.1) is 11.8 Å². The number of rotatable bonds is 8. The Morgan fingerprint density at radius 1 is 1.05 bits per heavy atom. The number of alkyl halides is 3. The zero-order chi connectivity index (χ0) is 29.3. The first-order valence-electron chi connectivity index (χ1n) is 13.6. The highest BCUT2D eigenvalue weighted by atomic mass is 32.2. The van der Waals surface area contributed by atoms with Crippen molar-refractivity contribution in [3.63, 3.8) is 0 Å². The maximum Gasteiger partial charge on any atom is 0.416 e. The first kappa shape index (κ1) is 29.4. The first-order valence-corrected chi connectivity index (χ1v) is 15.3. The quantitative estimate of drug-likeness (QED) is 0.229. The number of carbonyl (C=O) groups excluding carboxylic acids is 1. The average molecular weight is 593 g/mol. The molecule has 4 atom stereocenters. The van der Waals surface area contributed by atoms with Crippen molar-refractivity contribution < 1.29 is 35.9 Å². The fourth-order valence-electron chi connectivity index (χ4n) is 6.39. The Balaban J connectivity index is 1.37. The van der Waals surface area contributed by atoms with Gasteiger partial charge in [-0.1, -0.05) is 35.4 Å². The molecule has 2 aromatic rings. The molecule has 0 radical (unpaired) electrons. The van der Waals surface area contributed by atoms with Gasteiger partial charge in [0.2, 0.25) is 5.91 Å². The van der Waals surface area contributed by atoms with Crippen molar-refractivity contribution in [2.24, 2.45) is 17.0 Å². The predicted octanol–water partition coefficient (Wildman–Crippen LogP) is 5.47. The molecule has 1 aliphatic carbocycles. The number of likely N-dealkylation sites (tertiary alicyclic amines) is 1. The standard InChI is InChI=1S/C28H31F3N4O5S/c29-28(30,31)22-6-4-5-21(16-22)27(39-13-14-40-27)17-19-11-12-35(26(19)36)25-10-9-23(33-34-32)15-20(25)18-41(37,38)24-7-2-1-3-8-24/h1-8,16,19-20,23,25H,9-15,17-18H2/t19-,20-,23+,25-/m0/s1. The van der Waals surface area contributed by atoms with Gasteiger partial charge in [-0.05, 0) is 61.4 Å². The lowest BCUT2D eigenvalue weighted by atomic mass is 9.82. The molecule has 3 fully saturated rings. The molecule has 0 N–H and O–H groups in total. The third-order valence-corrected chi connectivity index (χ3v) is 10.2. The van der Waals surface area contributed by atoms with Crippen molar-refractivity contribution >= 4 is 15.7 Å². The molecule has 41 heavy (non-hydrogen) atoms. The molecule has 0 unspecified atom stereocenters. The minimum atomic E-state index is -4.54. The van der Waals surface area contributed by atoms with Crippen LogP contribution < -0.4 is 0 Å². The number of amides is 1. The second-order valence-electron chi connectivity index (χ2n) is 10.8. The highest BCUT2D eigenvalue weighted by molar-refractivity contribution is 7.91. The highest BCUT2D eigenvalue weighted by Crippen LogP contribution is 2.43.